The van der Waals surface area contributed by atoms with Crippen LogP contribution in [0.2, 0.25) is 0 Å². The second-order valence-corrected chi connectivity index (χ2v) is 5.07. The zero-order valence-corrected chi connectivity index (χ0v) is 10.3. The third-order valence-corrected chi connectivity index (χ3v) is 3.18. The highest BCUT2D eigenvalue weighted by Crippen LogP contribution is 2.30. The third-order valence-electron chi connectivity index (χ3n) is 3.18. The lowest BCUT2D eigenvalue weighted by atomic mass is 10.2. The average molecular weight is 237 g/mol. The maximum Gasteiger partial charge on any atom is 0.338 e. The van der Waals surface area contributed by atoms with Gasteiger partial charge in [-0.05, 0) is 38.7 Å². The number of carboxylic acids is 1. The number of aromatic carboxylic acids is 1. The van der Waals surface area contributed by atoms with E-state index in [0.717, 1.165) is 18.2 Å². The van der Waals surface area contributed by atoms with Gasteiger partial charge in [-0.25, -0.2) is 4.79 Å². The highest BCUT2D eigenvalue weighted by atomic mass is 16.4. The van der Waals surface area contributed by atoms with Crippen molar-refractivity contribution in [1.29, 1.82) is 0 Å². The van der Waals surface area contributed by atoms with Crippen LogP contribution in [0.1, 0.15) is 42.8 Å². The monoisotopic (exact) mass is 237 g/mol. The molecule has 0 atom stereocenters. The van der Waals surface area contributed by atoms with Crippen molar-refractivity contribution in [2.45, 2.75) is 39.3 Å². The number of hydrogen-bond donors (Lipinski definition) is 1. The molecular formula is C13H19NO3. The van der Waals surface area contributed by atoms with E-state index >= 15 is 0 Å². The summed E-state index contributed by atoms with van der Waals surface area (Å²) in [6, 6.07) is 2.07. The molecule has 0 aromatic carbocycles. The van der Waals surface area contributed by atoms with Gasteiger partial charge in [0.2, 0.25) is 0 Å². The Morgan fingerprint density at radius 1 is 1.59 bits per heavy atom. The molecule has 0 bridgehead atoms. The Bertz CT molecular complexity index is 393. The molecule has 1 aromatic heterocycles. The SMILES string of the molecule is CC(C)N(Cc1cc(C(=O)O)co1)CC1CC1. The van der Waals surface area contributed by atoms with Gasteiger partial charge in [0.1, 0.15) is 12.0 Å². The van der Waals surface area contributed by atoms with Gasteiger partial charge in [0.25, 0.3) is 0 Å². The fourth-order valence-corrected chi connectivity index (χ4v) is 1.87. The van der Waals surface area contributed by atoms with Crippen molar-refractivity contribution >= 4 is 5.97 Å². The van der Waals surface area contributed by atoms with Crippen molar-refractivity contribution in [3.05, 3.63) is 23.7 Å². The summed E-state index contributed by atoms with van der Waals surface area (Å²) in [4.78, 5) is 13.1. The van der Waals surface area contributed by atoms with E-state index in [9.17, 15) is 4.79 Å². The minimum absolute atomic E-state index is 0.232. The summed E-state index contributed by atoms with van der Waals surface area (Å²) in [7, 11) is 0. The van der Waals surface area contributed by atoms with Crippen LogP contribution in [-0.4, -0.2) is 28.6 Å². The van der Waals surface area contributed by atoms with E-state index in [2.05, 4.69) is 18.7 Å². The predicted octanol–water partition coefficient (Wildman–Crippen LogP) is 2.60. The van der Waals surface area contributed by atoms with Gasteiger partial charge in [0.15, 0.2) is 0 Å². The van der Waals surface area contributed by atoms with Crippen LogP contribution in [0.4, 0.5) is 0 Å². The van der Waals surface area contributed by atoms with E-state index in [-0.39, 0.29) is 5.56 Å². The highest BCUT2D eigenvalue weighted by Gasteiger charge is 2.26. The minimum Gasteiger partial charge on any atom is -0.478 e. The van der Waals surface area contributed by atoms with Crippen molar-refractivity contribution in [1.82, 2.24) is 4.90 Å². The van der Waals surface area contributed by atoms with Crippen molar-refractivity contribution in [2.24, 2.45) is 5.92 Å². The number of hydrogen-bond acceptors (Lipinski definition) is 3. The quantitative estimate of drug-likeness (QED) is 0.826. The Morgan fingerprint density at radius 2 is 2.29 bits per heavy atom. The van der Waals surface area contributed by atoms with E-state index in [4.69, 9.17) is 9.52 Å². The van der Waals surface area contributed by atoms with Gasteiger partial charge in [0.05, 0.1) is 12.1 Å². The Labute approximate surface area is 101 Å². The molecular weight excluding hydrogens is 218 g/mol. The predicted molar refractivity (Wildman–Crippen MR) is 63.9 cm³/mol. The normalized spacial score (nSPS) is 15.8. The van der Waals surface area contributed by atoms with Crippen LogP contribution >= 0.6 is 0 Å². The molecule has 1 aliphatic carbocycles. The summed E-state index contributed by atoms with van der Waals surface area (Å²) in [5.74, 6) is 0.626. The molecule has 0 aliphatic heterocycles. The van der Waals surface area contributed by atoms with Gasteiger partial charge in [-0.3, -0.25) is 4.90 Å². The molecule has 1 heterocycles. The first-order valence-corrected chi connectivity index (χ1v) is 6.11. The zero-order valence-electron chi connectivity index (χ0n) is 10.3. The lowest BCUT2D eigenvalue weighted by Crippen LogP contribution is -2.32. The Hall–Kier alpha value is -1.29. The molecule has 0 unspecified atom stereocenters. The number of nitrogens with zero attached hydrogens (tertiary/aromatic N) is 1. The summed E-state index contributed by atoms with van der Waals surface area (Å²) < 4.78 is 5.29. The first-order valence-electron chi connectivity index (χ1n) is 6.11. The largest absolute Gasteiger partial charge is 0.478 e. The van der Waals surface area contributed by atoms with Crippen molar-refractivity contribution in [3.63, 3.8) is 0 Å². The average Bonchev–Trinajstić information content (AvgIpc) is 2.93. The molecule has 1 aliphatic rings. The Balaban J connectivity index is 1.97. The van der Waals surface area contributed by atoms with E-state index in [0.29, 0.717) is 12.6 Å². The van der Waals surface area contributed by atoms with Crippen molar-refractivity contribution in [2.75, 3.05) is 6.54 Å². The van der Waals surface area contributed by atoms with Gasteiger partial charge < -0.3 is 9.52 Å². The maximum atomic E-state index is 10.7. The minimum atomic E-state index is -0.932. The fourth-order valence-electron chi connectivity index (χ4n) is 1.87. The first kappa shape index (κ1) is 12.2. The number of furan rings is 1. The molecule has 1 fully saturated rings. The third kappa shape index (κ3) is 3.33. The molecule has 1 N–H and O–H groups in total. The Morgan fingerprint density at radius 3 is 2.76 bits per heavy atom. The van der Waals surface area contributed by atoms with Crippen LogP contribution in [0.3, 0.4) is 0 Å². The van der Waals surface area contributed by atoms with Crippen molar-refractivity contribution in [3.8, 4) is 0 Å². The van der Waals surface area contributed by atoms with Crippen LogP contribution < -0.4 is 0 Å². The number of rotatable bonds is 6. The van der Waals surface area contributed by atoms with Crippen LogP contribution in [0, 0.1) is 5.92 Å². The van der Waals surface area contributed by atoms with Gasteiger partial charge in [-0.15, -0.1) is 0 Å². The summed E-state index contributed by atoms with van der Waals surface area (Å²) >= 11 is 0. The van der Waals surface area contributed by atoms with Gasteiger partial charge in [0, 0.05) is 12.6 Å². The summed E-state index contributed by atoms with van der Waals surface area (Å²) in [6.45, 7) is 6.09. The highest BCUT2D eigenvalue weighted by molar-refractivity contribution is 5.87. The number of carbonyl (C=O) groups is 1. The summed E-state index contributed by atoms with van der Waals surface area (Å²) in [5.41, 5.74) is 0.232. The molecule has 4 heteroatoms. The van der Waals surface area contributed by atoms with Crippen LogP contribution in [0.15, 0.2) is 16.7 Å². The molecule has 94 valence electrons. The molecule has 0 saturated heterocycles. The number of carboxylic acid groups (broad SMARTS) is 1. The maximum absolute atomic E-state index is 10.7. The molecule has 2 rings (SSSR count). The molecule has 1 aromatic rings. The fraction of sp³-hybridized carbons (Fsp3) is 0.615. The van der Waals surface area contributed by atoms with E-state index in [1.54, 1.807) is 6.07 Å². The lowest BCUT2D eigenvalue weighted by Gasteiger charge is -2.25. The van der Waals surface area contributed by atoms with Gasteiger partial charge >= 0.3 is 5.97 Å². The van der Waals surface area contributed by atoms with Crippen molar-refractivity contribution < 1.29 is 14.3 Å². The topological polar surface area (TPSA) is 53.7 Å². The molecule has 1 saturated carbocycles. The summed E-state index contributed by atoms with van der Waals surface area (Å²) in [6.07, 6.45) is 3.96. The summed E-state index contributed by atoms with van der Waals surface area (Å²) in [5, 5.41) is 8.82. The zero-order chi connectivity index (χ0) is 12.4. The van der Waals surface area contributed by atoms with E-state index < -0.39 is 5.97 Å². The first-order chi connectivity index (χ1) is 8.06. The molecule has 0 amide bonds. The van der Waals surface area contributed by atoms with Crippen LogP contribution in [0.5, 0.6) is 0 Å². The second kappa shape index (κ2) is 4.92. The van der Waals surface area contributed by atoms with Gasteiger partial charge in [-0.1, -0.05) is 0 Å². The van der Waals surface area contributed by atoms with Crippen LogP contribution in [0.25, 0.3) is 0 Å². The smallest absolute Gasteiger partial charge is 0.338 e. The Kier molecular flexibility index (Phi) is 3.52. The lowest BCUT2D eigenvalue weighted by molar-refractivity contribution is 0.0696. The van der Waals surface area contributed by atoms with E-state index in [1.807, 2.05) is 0 Å². The standard InChI is InChI=1S/C13H19NO3/c1-9(2)14(6-10-3-4-10)7-12-5-11(8-17-12)13(15)16/h5,8-10H,3-4,6-7H2,1-2H3,(H,15,16). The van der Waals surface area contributed by atoms with E-state index in [1.165, 1.54) is 19.1 Å². The molecule has 0 radical (unpaired) electrons. The second-order valence-electron chi connectivity index (χ2n) is 5.07. The molecule has 17 heavy (non-hydrogen) atoms. The molecule has 0 spiro atoms. The van der Waals surface area contributed by atoms with Gasteiger partial charge in [-0.2, -0.15) is 0 Å². The molecule has 4 nitrogen and oxygen atoms in total. The van der Waals surface area contributed by atoms with Crippen LogP contribution in [-0.2, 0) is 6.54 Å².